The van der Waals surface area contributed by atoms with E-state index in [-0.39, 0.29) is 5.97 Å². The fourth-order valence-corrected chi connectivity index (χ4v) is 14.6. The molecule has 0 saturated carbocycles. The number of hydrogen-bond acceptors (Lipinski definition) is 2. The van der Waals surface area contributed by atoms with Crippen LogP contribution >= 0.6 is 0 Å². The Labute approximate surface area is 189 Å². The molecule has 154 valence electrons. The van der Waals surface area contributed by atoms with Crippen LogP contribution in [0.5, 0.6) is 0 Å². The molecule has 0 bridgehead atoms. The molecular formula is C28H26O2Sn. The van der Waals surface area contributed by atoms with E-state index in [1.165, 1.54) is 5.56 Å². The summed E-state index contributed by atoms with van der Waals surface area (Å²) in [6.45, 7) is 4.30. The Balaban J connectivity index is 1.87. The Morgan fingerprint density at radius 2 is 1.00 bits per heavy atom. The summed E-state index contributed by atoms with van der Waals surface area (Å²) in [6.07, 6.45) is 0. The number of benzene rings is 4. The second-order valence-electron chi connectivity index (χ2n) is 7.95. The van der Waals surface area contributed by atoms with Gasteiger partial charge in [0, 0.05) is 0 Å². The van der Waals surface area contributed by atoms with Gasteiger partial charge in [0.05, 0.1) is 0 Å². The van der Waals surface area contributed by atoms with E-state index in [2.05, 4.69) is 50.2 Å². The summed E-state index contributed by atoms with van der Waals surface area (Å²) in [5, 5.41) is 0. The average molecular weight is 513 g/mol. The summed E-state index contributed by atoms with van der Waals surface area (Å²) in [4.78, 5) is 13.5. The second kappa shape index (κ2) is 9.52. The monoisotopic (exact) mass is 514 g/mol. The number of carbonyl (C=O) groups excluding carboxylic acids is 1. The molecular weight excluding hydrogens is 487 g/mol. The normalized spacial score (nSPS) is 11.3. The third-order valence-corrected chi connectivity index (χ3v) is 16.8. The molecule has 4 aromatic rings. The molecule has 0 heterocycles. The Bertz CT molecular complexity index is 1030. The molecule has 3 heteroatoms. The molecule has 0 radical (unpaired) electrons. The third-order valence-electron chi connectivity index (χ3n) is 5.60. The quantitative estimate of drug-likeness (QED) is 0.352. The Morgan fingerprint density at radius 1 is 0.613 bits per heavy atom. The van der Waals surface area contributed by atoms with Crippen molar-refractivity contribution in [2.75, 3.05) is 0 Å². The van der Waals surface area contributed by atoms with E-state index in [1.807, 2.05) is 78.9 Å². The van der Waals surface area contributed by atoms with E-state index >= 15 is 0 Å². The van der Waals surface area contributed by atoms with Crippen LogP contribution in [0.2, 0.25) is 0 Å². The summed E-state index contributed by atoms with van der Waals surface area (Å²) in [7, 11) is 0. The van der Waals surface area contributed by atoms with Gasteiger partial charge in [-0.3, -0.25) is 0 Å². The van der Waals surface area contributed by atoms with Crippen LogP contribution in [0.25, 0.3) is 0 Å². The van der Waals surface area contributed by atoms with Gasteiger partial charge in [0.2, 0.25) is 0 Å². The van der Waals surface area contributed by atoms with Crippen LogP contribution in [0.15, 0.2) is 115 Å². The Morgan fingerprint density at radius 3 is 1.35 bits per heavy atom. The molecule has 31 heavy (non-hydrogen) atoms. The van der Waals surface area contributed by atoms with Crippen molar-refractivity contribution in [1.82, 2.24) is 0 Å². The van der Waals surface area contributed by atoms with Crippen LogP contribution in [-0.4, -0.2) is 24.8 Å². The fraction of sp³-hybridized carbons (Fsp3) is 0.107. The standard InChI is InChI=1S/C10H12O2.3C6H5.Sn/c1-7(2)8-3-5-9(6-4-8)10(11)12;3*1-2-4-6-5-3-1;/h3-7H,1-2H3,(H,11,12);3*1-5H;/q;;;;+1/p-1. The summed E-state index contributed by atoms with van der Waals surface area (Å²) in [6, 6.07) is 38.6. The molecule has 0 aliphatic rings. The van der Waals surface area contributed by atoms with Crippen molar-refractivity contribution in [2.24, 2.45) is 0 Å². The van der Waals surface area contributed by atoms with E-state index in [0.717, 1.165) is 10.7 Å². The fourth-order valence-electron chi connectivity index (χ4n) is 3.90. The molecule has 0 aromatic heterocycles. The molecule has 0 aliphatic carbocycles. The molecule has 0 N–H and O–H groups in total. The van der Waals surface area contributed by atoms with E-state index in [0.29, 0.717) is 11.5 Å². The third kappa shape index (κ3) is 4.45. The molecule has 0 amide bonds. The second-order valence-corrected chi connectivity index (χ2v) is 17.4. The maximum atomic E-state index is 13.5. The first-order valence-electron chi connectivity index (χ1n) is 10.6. The van der Waals surface area contributed by atoms with E-state index in [9.17, 15) is 4.79 Å². The van der Waals surface area contributed by atoms with Gasteiger partial charge in [0.25, 0.3) is 0 Å². The van der Waals surface area contributed by atoms with Crippen LogP contribution in [-0.2, 0) is 3.07 Å². The van der Waals surface area contributed by atoms with Crippen molar-refractivity contribution in [3.8, 4) is 0 Å². The zero-order valence-electron chi connectivity index (χ0n) is 17.9. The van der Waals surface area contributed by atoms with Gasteiger partial charge >= 0.3 is 190 Å². The minimum absolute atomic E-state index is 0.261. The maximum absolute atomic E-state index is 13.5. The van der Waals surface area contributed by atoms with Crippen molar-refractivity contribution in [3.05, 3.63) is 126 Å². The molecule has 0 fully saturated rings. The predicted octanol–water partition coefficient (Wildman–Crippen LogP) is 4.63. The van der Waals surface area contributed by atoms with Crippen LogP contribution < -0.4 is 10.7 Å². The molecule has 4 rings (SSSR count). The van der Waals surface area contributed by atoms with Gasteiger partial charge < -0.3 is 0 Å². The van der Waals surface area contributed by atoms with Gasteiger partial charge in [-0.25, -0.2) is 0 Å². The Hall–Kier alpha value is -2.85. The van der Waals surface area contributed by atoms with Gasteiger partial charge in [0.1, 0.15) is 0 Å². The van der Waals surface area contributed by atoms with Crippen molar-refractivity contribution in [3.63, 3.8) is 0 Å². The van der Waals surface area contributed by atoms with Crippen LogP contribution in [0.3, 0.4) is 0 Å². The van der Waals surface area contributed by atoms with Gasteiger partial charge in [-0.1, -0.05) is 0 Å². The zero-order valence-corrected chi connectivity index (χ0v) is 20.7. The van der Waals surface area contributed by atoms with Crippen LogP contribution in [0.1, 0.15) is 35.7 Å². The predicted molar refractivity (Wildman–Crippen MR) is 130 cm³/mol. The topological polar surface area (TPSA) is 26.3 Å². The Kier molecular flexibility index (Phi) is 6.57. The average Bonchev–Trinajstić information content (AvgIpc) is 2.84. The van der Waals surface area contributed by atoms with E-state index in [4.69, 9.17) is 3.07 Å². The first-order valence-corrected chi connectivity index (χ1v) is 16.1. The van der Waals surface area contributed by atoms with Crippen LogP contribution in [0.4, 0.5) is 0 Å². The molecule has 0 saturated heterocycles. The number of rotatable bonds is 6. The molecule has 4 aromatic carbocycles. The van der Waals surface area contributed by atoms with Gasteiger partial charge in [-0.15, -0.1) is 0 Å². The SMILES string of the molecule is CC(C)c1ccc(C(=O)[O][Sn]([c]2ccccc2)([c]2ccccc2)[c]2ccccc2)cc1. The van der Waals surface area contributed by atoms with Gasteiger partial charge in [0.15, 0.2) is 0 Å². The summed E-state index contributed by atoms with van der Waals surface area (Å²) < 4.78 is 9.99. The molecule has 0 unspecified atom stereocenters. The van der Waals surface area contributed by atoms with Crippen LogP contribution in [0, 0.1) is 0 Å². The zero-order chi connectivity index (χ0) is 21.7. The number of hydrogen-bond donors (Lipinski definition) is 0. The van der Waals surface area contributed by atoms with Crippen molar-refractivity contribution in [2.45, 2.75) is 19.8 Å². The van der Waals surface area contributed by atoms with Crippen molar-refractivity contribution < 1.29 is 7.87 Å². The molecule has 0 spiro atoms. The van der Waals surface area contributed by atoms with E-state index < -0.39 is 18.8 Å². The number of carbonyl (C=O) groups is 1. The first kappa shape index (κ1) is 21.4. The van der Waals surface area contributed by atoms with E-state index in [1.54, 1.807) is 0 Å². The minimum atomic E-state index is -4.08. The molecule has 2 nitrogen and oxygen atoms in total. The first-order chi connectivity index (χ1) is 15.1. The van der Waals surface area contributed by atoms with Gasteiger partial charge in [-0.05, 0) is 0 Å². The summed E-state index contributed by atoms with van der Waals surface area (Å²) >= 11 is -4.08. The van der Waals surface area contributed by atoms with Crippen molar-refractivity contribution in [1.29, 1.82) is 0 Å². The molecule has 0 aliphatic heterocycles. The van der Waals surface area contributed by atoms with Crippen molar-refractivity contribution >= 4 is 35.5 Å². The van der Waals surface area contributed by atoms with Gasteiger partial charge in [-0.2, -0.15) is 0 Å². The summed E-state index contributed by atoms with van der Waals surface area (Å²) in [5.74, 6) is 0.156. The molecule has 0 atom stereocenters. The summed E-state index contributed by atoms with van der Waals surface area (Å²) in [5.41, 5.74) is 1.80.